The van der Waals surface area contributed by atoms with E-state index in [1.165, 1.54) is 0 Å². The molecule has 4 rings (SSSR count). The predicted octanol–water partition coefficient (Wildman–Crippen LogP) is 3.88. The first-order valence-electron chi connectivity index (χ1n) is 8.82. The lowest BCUT2D eigenvalue weighted by atomic mass is 9.84. The number of ether oxygens (including phenoxy) is 2. The molecule has 2 saturated heterocycles. The van der Waals surface area contributed by atoms with Crippen molar-refractivity contribution in [2.24, 2.45) is 0 Å². The average Bonchev–Trinajstić information content (AvgIpc) is 2.93. The molecule has 0 amide bonds. The molecule has 2 bridgehead atoms. The number of benzene rings is 2. The normalized spacial score (nSPS) is 28.7. The molecule has 24 heavy (non-hydrogen) atoms. The lowest BCUT2D eigenvalue weighted by Gasteiger charge is -2.36. The van der Waals surface area contributed by atoms with Gasteiger partial charge in [0.15, 0.2) is 0 Å². The van der Waals surface area contributed by atoms with E-state index in [0.717, 1.165) is 42.6 Å². The number of rotatable bonds is 5. The topological polar surface area (TPSA) is 38.7 Å². The molecule has 0 aliphatic carbocycles. The van der Waals surface area contributed by atoms with Crippen LogP contribution in [0, 0.1) is 0 Å². The minimum absolute atomic E-state index is 0.242. The van der Waals surface area contributed by atoms with E-state index in [1.54, 1.807) is 0 Å². The second kappa shape index (κ2) is 6.58. The van der Waals surface area contributed by atoms with Gasteiger partial charge in [-0.1, -0.05) is 42.5 Å². The van der Waals surface area contributed by atoms with Crippen LogP contribution in [-0.2, 0) is 17.8 Å². The Kier molecular flexibility index (Phi) is 4.30. The van der Waals surface area contributed by atoms with E-state index >= 15 is 0 Å². The van der Waals surface area contributed by atoms with Crippen LogP contribution in [0.15, 0.2) is 54.6 Å². The Bertz CT molecular complexity index is 670. The van der Waals surface area contributed by atoms with Gasteiger partial charge in [0.1, 0.15) is 12.4 Å². The Morgan fingerprint density at radius 1 is 0.958 bits per heavy atom. The van der Waals surface area contributed by atoms with Crippen molar-refractivity contribution in [3.8, 4) is 5.75 Å². The molecule has 3 nitrogen and oxygen atoms in total. The van der Waals surface area contributed by atoms with Crippen LogP contribution in [0.4, 0.5) is 0 Å². The summed E-state index contributed by atoms with van der Waals surface area (Å²) in [5, 5.41) is 11.0. The maximum Gasteiger partial charge on any atom is 0.120 e. The van der Waals surface area contributed by atoms with E-state index in [2.05, 4.69) is 24.3 Å². The third-order valence-corrected chi connectivity index (χ3v) is 5.09. The molecule has 2 atom stereocenters. The molecule has 2 aliphatic rings. The van der Waals surface area contributed by atoms with Crippen LogP contribution in [0.5, 0.6) is 5.75 Å². The largest absolute Gasteiger partial charge is 0.489 e. The second-order valence-corrected chi connectivity index (χ2v) is 7.19. The highest BCUT2D eigenvalue weighted by Gasteiger charge is 2.43. The van der Waals surface area contributed by atoms with Crippen LogP contribution < -0.4 is 4.74 Å². The molecule has 0 aromatic heterocycles. The maximum atomic E-state index is 11.0. The van der Waals surface area contributed by atoms with Crippen LogP contribution in [0.2, 0.25) is 0 Å². The summed E-state index contributed by atoms with van der Waals surface area (Å²) in [6, 6.07) is 18.3. The number of fused-ring (bicyclic) bond motifs is 2. The number of hydrogen-bond acceptors (Lipinski definition) is 3. The minimum Gasteiger partial charge on any atom is -0.489 e. The van der Waals surface area contributed by atoms with Crippen LogP contribution in [0.3, 0.4) is 0 Å². The van der Waals surface area contributed by atoms with Gasteiger partial charge in [-0.15, -0.1) is 0 Å². The smallest absolute Gasteiger partial charge is 0.120 e. The van der Waals surface area contributed by atoms with Gasteiger partial charge >= 0.3 is 0 Å². The molecule has 0 saturated carbocycles. The first-order valence-corrected chi connectivity index (χ1v) is 8.82. The molecule has 2 heterocycles. The zero-order valence-corrected chi connectivity index (χ0v) is 13.9. The van der Waals surface area contributed by atoms with Gasteiger partial charge in [0.25, 0.3) is 0 Å². The summed E-state index contributed by atoms with van der Waals surface area (Å²) in [4.78, 5) is 0. The fourth-order valence-electron chi connectivity index (χ4n) is 4.02. The van der Waals surface area contributed by atoms with E-state index in [4.69, 9.17) is 9.47 Å². The SMILES string of the molecule is OC1(Cc2cccc(OCc3ccccc3)c2)CC2CCC(C1)O2. The quantitative estimate of drug-likeness (QED) is 0.907. The zero-order chi connectivity index (χ0) is 16.4. The van der Waals surface area contributed by atoms with Crippen LogP contribution >= 0.6 is 0 Å². The summed E-state index contributed by atoms with van der Waals surface area (Å²) in [5.41, 5.74) is 1.65. The first kappa shape index (κ1) is 15.7. The lowest BCUT2D eigenvalue weighted by Crippen LogP contribution is -2.42. The third-order valence-electron chi connectivity index (χ3n) is 5.09. The van der Waals surface area contributed by atoms with Crippen molar-refractivity contribution in [3.05, 3.63) is 65.7 Å². The van der Waals surface area contributed by atoms with Gasteiger partial charge in [-0.3, -0.25) is 0 Å². The summed E-state index contributed by atoms with van der Waals surface area (Å²) in [5.74, 6) is 0.856. The Hall–Kier alpha value is -1.84. The molecular formula is C21H24O3. The van der Waals surface area contributed by atoms with Crippen LogP contribution in [0.25, 0.3) is 0 Å². The zero-order valence-electron chi connectivity index (χ0n) is 13.9. The van der Waals surface area contributed by atoms with E-state index in [9.17, 15) is 5.11 Å². The average molecular weight is 324 g/mol. The number of hydrogen-bond donors (Lipinski definition) is 1. The first-order chi connectivity index (χ1) is 11.7. The highest BCUT2D eigenvalue weighted by molar-refractivity contribution is 5.30. The Morgan fingerprint density at radius 2 is 1.67 bits per heavy atom. The highest BCUT2D eigenvalue weighted by atomic mass is 16.5. The monoisotopic (exact) mass is 324 g/mol. The third kappa shape index (κ3) is 3.63. The Labute approximate surface area is 143 Å². The fourth-order valence-corrected chi connectivity index (χ4v) is 4.02. The van der Waals surface area contributed by atoms with E-state index in [0.29, 0.717) is 13.0 Å². The summed E-state index contributed by atoms with van der Waals surface area (Å²) >= 11 is 0. The maximum absolute atomic E-state index is 11.0. The lowest BCUT2D eigenvalue weighted by molar-refractivity contribution is -0.110. The molecule has 2 fully saturated rings. The van der Waals surface area contributed by atoms with E-state index < -0.39 is 5.60 Å². The van der Waals surface area contributed by atoms with Crippen LogP contribution in [-0.4, -0.2) is 22.9 Å². The summed E-state index contributed by atoms with van der Waals surface area (Å²) < 4.78 is 11.8. The molecule has 1 N–H and O–H groups in total. The molecule has 2 aromatic carbocycles. The van der Waals surface area contributed by atoms with Gasteiger partial charge in [0.05, 0.1) is 17.8 Å². The Morgan fingerprint density at radius 3 is 2.42 bits per heavy atom. The van der Waals surface area contributed by atoms with Crippen molar-refractivity contribution in [2.45, 2.75) is 56.5 Å². The molecule has 0 radical (unpaired) electrons. The Balaban J connectivity index is 1.41. The second-order valence-electron chi connectivity index (χ2n) is 7.19. The fraction of sp³-hybridized carbons (Fsp3) is 0.429. The van der Waals surface area contributed by atoms with E-state index in [-0.39, 0.29) is 12.2 Å². The van der Waals surface area contributed by atoms with Gasteiger partial charge in [0, 0.05) is 19.3 Å². The molecule has 3 heteroatoms. The van der Waals surface area contributed by atoms with Crippen molar-refractivity contribution in [2.75, 3.05) is 0 Å². The van der Waals surface area contributed by atoms with Gasteiger partial charge < -0.3 is 14.6 Å². The van der Waals surface area contributed by atoms with Gasteiger partial charge in [-0.2, -0.15) is 0 Å². The van der Waals surface area contributed by atoms with Crippen LogP contribution in [0.1, 0.15) is 36.8 Å². The number of aliphatic hydroxyl groups is 1. The predicted molar refractivity (Wildman–Crippen MR) is 93.0 cm³/mol. The molecule has 126 valence electrons. The molecule has 2 aromatic rings. The van der Waals surface area contributed by atoms with Crippen molar-refractivity contribution in [3.63, 3.8) is 0 Å². The highest BCUT2D eigenvalue weighted by Crippen LogP contribution is 2.40. The standard InChI is InChI=1S/C21H24O3/c22-21(13-19-9-10-20(14-21)24-19)12-17-7-4-8-18(11-17)23-15-16-5-2-1-3-6-16/h1-8,11,19-20,22H,9-10,12-15H2. The van der Waals surface area contributed by atoms with Crippen molar-refractivity contribution in [1.29, 1.82) is 0 Å². The summed E-state index contributed by atoms with van der Waals surface area (Å²) in [6.07, 6.45) is 4.83. The molecule has 2 aliphatic heterocycles. The molecule has 2 unspecified atom stereocenters. The van der Waals surface area contributed by atoms with E-state index in [1.807, 2.05) is 30.3 Å². The van der Waals surface area contributed by atoms with Gasteiger partial charge in [0.2, 0.25) is 0 Å². The summed E-state index contributed by atoms with van der Waals surface area (Å²) in [6.45, 7) is 0.562. The van der Waals surface area contributed by atoms with Crippen molar-refractivity contribution >= 4 is 0 Å². The molecular weight excluding hydrogens is 300 g/mol. The van der Waals surface area contributed by atoms with Gasteiger partial charge in [-0.25, -0.2) is 0 Å². The van der Waals surface area contributed by atoms with Gasteiger partial charge in [-0.05, 0) is 36.1 Å². The van der Waals surface area contributed by atoms with Crippen molar-refractivity contribution in [1.82, 2.24) is 0 Å². The molecule has 0 spiro atoms. The minimum atomic E-state index is -0.637. The summed E-state index contributed by atoms with van der Waals surface area (Å²) in [7, 11) is 0. The van der Waals surface area contributed by atoms with Crippen molar-refractivity contribution < 1.29 is 14.6 Å².